The number of aliphatic hydroxyl groups is 1. The highest BCUT2D eigenvalue weighted by Gasteiger charge is 2.35. The number of morpholine rings is 1. The maximum absolute atomic E-state index is 9.34. The second-order valence-corrected chi connectivity index (χ2v) is 4.78. The predicted molar refractivity (Wildman–Crippen MR) is 58.2 cm³/mol. The molecule has 1 aromatic rings. The highest BCUT2D eigenvalue weighted by molar-refractivity contribution is 4.97. The third-order valence-corrected chi connectivity index (χ3v) is 3.49. The van der Waals surface area contributed by atoms with E-state index in [1.165, 1.54) is 12.8 Å². The van der Waals surface area contributed by atoms with E-state index >= 15 is 0 Å². The maximum atomic E-state index is 9.34. The lowest BCUT2D eigenvalue weighted by molar-refractivity contribution is -0.0548. The molecule has 2 fully saturated rings. The Kier molecular flexibility index (Phi) is 2.85. The Balaban J connectivity index is 1.71. The topological polar surface area (TPSA) is 71.6 Å². The summed E-state index contributed by atoms with van der Waals surface area (Å²) in [4.78, 5) is 6.59. The third kappa shape index (κ3) is 2.08. The van der Waals surface area contributed by atoms with Crippen molar-refractivity contribution in [3.05, 3.63) is 11.7 Å². The number of ether oxygens (including phenoxy) is 1. The van der Waals surface area contributed by atoms with Crippen LogP contribution < -0.4 is 0 Å². The van der Waals surface area contributed by atoms with E-state index in [-0.39, 0.29) is 12.0 Å². The first kappa shape index (κ1) is 11.1. The lowest BCUT2D eigenvalue weighted by Gasteiger charge is -2.33. The number of nitrogens with zero attached hydrogens (tertiary/aromatic N) is 3. The van der Waals surface area contributed by atoms with Crippen LogP contribution in [-0.2, 0) is 4.74 Å². The third-order valence-electron chi connectivity index (χ3n) is 3.49. The van der Waals surface area contributed by atoms with E-state index < -0.39 is 6.10 Å². The first-order valence-electron chi connectivity index (χ1n) is 6.11. The van der Waals surface area contributed by atoms with E-state index in [0.29, 0.717) is 11.9 Å². The summed E-state index contributed by atoms with van der Waals surface area (Å²) in [5.41, 5.74) is 0. The summed E-state index contributed by atoms with van der Waals surface area (Å²) < 4.78 is 10.7. The Labute approximate surface area is 99.6 Å². The van der Waals surface area contributed by atoms with Crippen molar-refractivity contribution in [2.24, 2.45) is 0 Å². The first-order valence-corrected chi connectivity index (χ1v) is 6.11. The summed E-state index contributed by atoms with van der Waals surface area (Å²) in [5.74, 6) is 0.804. The van der Waals surface area contributed by atoms with Gasteiger partial charge in [0.2, 0.25) is 5.82 Å². The van der Waals surface area contributed by atoms with Crippen molar-refractivity contribution in [3.63, 3.8) is 0 Å². The summed E-state index contributed by atoms with van der Waals surface area (Å²) in [7, 11) is 0. The molecule has 3 rings (SSSR count). The molecule has 0 amide bonds. The maximum Gasteiger partial charge on any atom is 0.255 e. The molecule has 0 radical (unpaired) electrons. The number of hydrogen-bond acceptors (Lipinski definition) is 6. The van der Waals surface area contributed by atoms with E-state index in [9.17, 15) is 5.11 Å². The normalized spacial score (nSPS) is 31.4. The van der Waals surface area contributed by atoms with Gasteiger partial charge in [-0.05, 0) is 26.3 Å². The molecule has 0 aliphatic carbocycles. The van der Waals surface area contributed by atoms with Crippen molar-refractivity contribution >= 4 is 0 Å². The largest absolute Gasteiger partial charge is 0.384 e. The van der Waals surface area contributed by atoms with Crippen LogP contribution in [0.4, 0.5) is 0 Å². The molecule has 0 bridgehead atoms. The van der Waals surface area contributed by atoms with Crippen molar-refractivity contribution in [1.82, 2.24) is 15.0 Å². The average Bonchev–Trinajstić information content (AvgIpc) is 2.97. The second-order valence-electron chi connectivity index (χ2n) is 4.78. The lowest BCUT2D eigenvalue weighted by atomic mass is 10.2. The quantitative estimate of drug-likeness (QED) is 0.817. The minimum atomic E-state index is -0.723. The Morgan fingerprint density at radius 3 is 3.18 bits per heavy atom. The Morgan fingerprint density at radius 2 is 2.41 bits per heavy atom. The van der Waals surface area contributed by atoms with Crippen LogP contribution in [0, 0.1) is 0 Å². The SMILES string of the molecule is CC(O)c1nc([C@H]2CN3CCC[C@H]3CO2)no1. The van der Waals surface area contributed by atoms with Crippen molar-refractivity contribution in [2.45, 2.75) is 38.0 Å². The molecule has 1 N–H and O–H groups in total. The fourth-order valence-electron chi connectivity index (χ4n) is 2.52. The summed E-state index contributed by atoms with van der Waals surface area (Å²) in [5, 5.41) is 13.2. The number of aromatic nitrogens is 2. The van der Waals surface area contributed by atoms with Gasteiger partial charge in [0.15, 0.2) is 0 Å². The second kappa shape index (κ2) is 4.36. The van der Waals surface area contributed by atoms with Crippen molar-refractivity contribution in [3.8, 4) is 0 Å². The van der Waals surface area contributed by atoms with Gasteiger partial charge >= 0.3 is 0 Å². The number of rotatable bonds is 2. The van der Waals surface area contributed by atoms with Gasteiger partial charge < -0.3 is 14.4 Å². The molecule has 1 aromatic heterocycles. The van der Waals surface area contributed by atoms with Gasteiger partial charge in [0.1, 0.15) is 12.2 Å². The molecule has 17 heavy (non-hydrogen) atoms. The zero-order chi connectivity index (χ0) is 11.8. The Hall–Kier alpha value is -0.980. The summed E-state index contributed by atoms with van der Waals surface area (Å²) in [6.07, 6.45) is 1.61. The van der Waals surface area contributed by atoms with Gasteiger partial charge in [0, 0.05) is 12.6 Å². The molecule has 0 aromatic carbocycles. The summed E-state index contributed by atoms with van der Waals surface area (Å²) in [6.45, 7) is 4.30. The molecule has 0 saturated carbocycles. The molecule has 0 spiro atoms. The molecule has 1 unspecified atom stereocenters. The van der Waals surface area contributed by atoms with Gasteiger partial charge in [-0.2, -0.15) is 4.98 Å². The molecule has 2 saturated heterocycles. The molecule has 2 aliphatic heterocycles. The number of fused-ring (bicyclic) bond motifs is 1. The fraction of sp³-hybridized carbons (Fsp3) is 0.818. The molecule has 3 atom stereocenters. The van der Waals surface area contributed by atoms with E-state index in [1.807, 2.05) is 0 Å². The van der Waals surface area contributed by atoms with Crippen LogP contribution in [0.5, 0.6) is 0 Å². The lowest BCUT2D eigenvalue weighted by Crippen LogP contribution is -2.42. The summed E-state index contributed by atoms with van der Waals surface area (Å²) >= 11 is 0. The van der Waals surface area contributed by atoms with Crippen molar-refractivity contribution < 1.29 is 14.4 Å². The van der Waals surface area contributed by atoms with Gasteiger partial charge in [0.05, 0.1) is 6.61 Å². The monoisotopic (exact) mass is 239 g/mol. The van der Waals surface area contributed by atoms with Crippen molar-refractivity contribution in [1.29, 1.82) is 0 Å². The Bertz CT molecular complexity index is 393. The van der Waals surface area contributed by atoms with E-state index in [1.54, 1.807) is 6.92 Å². The highest BCUT2D eigenvalue weighted by atomic mass is 16.5. The minimum absolute atomic E-state index is 0.124. The zero-order valence-corrected chi connectivity index (χ0v) is 9.87. The van der Waals surface area contributed by atoms with E-state index in [0.717, 1.165) is 19.7 Å². The van der Waals surface area contributed by atoms with Gasteiger partial charge in [-0.25, -0.2) is 0 Å². The van der Waals surface area contributed by atoms with Crippen LogP contribution in [0.25, 0.3) is 0 Å². The molecule has 94 valence electrons. The van der Waals surface area contributed by atoms with Gasteiger partial charge in [-0.1, -0.05) is 5.16 Å². The first-order chi connectivity index (χ1) is 8.24. The van der Waals surface area contributed by atoms with Crippen LogP contribution in [0.3, 0.4) is 0 Å². The standard InChI is InChI=1S/C11H17N3O3/c1-7(15)11-12-10(13-17-11)9-5-14-4-2-3-8(14)6-16-9/h7-9,15H,2-6H2,1H3/t7?,8-,9+/m0/s1. The van der Waals surface area contributed by atoms with E-state index in [4.69, 9.17) is 9.26 Å². The molecule has 6 nitrogen and oxygen atoms in total. The molecule has 2 aliphatic rings. The van der Waals surface area contributed by atoms with Crippen LogP contribution in [0.1, 0.15) is 43.7 Å². The average molecular weight is 239 g/mol. The van der Waals surface area contributed by atoms with E-state index in [2.05, 4.69) is 15.0 Å². The van der Waals surface area contributed by atoms with Crippen LogP contribution >= 0.6 is 0 Å². The smallest absolute Gasteiger partial charge is 0.255 e. The Morgan fingerprint density at radius 1 is 1.53 bits per heavy atom. The molecule has 3 heterocycles. The predicted octanol–water partition coefficient (Wildman–Crippen LogP) is 0.659. The number of hydrogen-bond donors (Lipinski definition) is 1. The van der Waals surface area contributed by atoms with Crippen LogP contribution in [0.2, 0.25) is 0 Å². The fourth-order valence-corrected chi connectivity index (χ4v) is 2.52. The zero-order valence-electron chi connectivity index (χ0n) is 9.87. The highest BCUT2D eigenvalue weighted by Crippen LogP contribution is 2.29. The number of aliphatic hydroxyl groups excluding tert-OH is 1. The molecule has 6 heteroatoms. The van der Waals surface area contributed by atoms with Crippen LogP contribution in [0.15, 0.2) is 4.52 Å². The van der Waals surface area contributed by atoms with Crippen LogP contribution in [-0.4, -0.2) is 45.9 Å². The van der Waals surface area contributed by atoms with Gasteiger partial charge in [0.25, 0.3) is 5.89 Å². The van der Waals surface area contributed by atoms with Crippen molar-refractivity contribution in [2.75, 3.05) is 19.7 Å². The minimum Gasteiger partial charge on any atom is -0.384 e. The van der Waals surface area contributed by atoms with Gasteiger partial charge in [-0.3, -0.25) is 4.90 Å². The van der Waals surface area contributed by atoms with Gasteiger partial charge in [-0.15, -0.1) is 0 Å². The molecular weight excluding hydrogens is 222 g/mol. The summed E-state index contributed by atoms with van der Waals surface area (Å²) in [6, 6.07) is 0.564. The molecular formula is C11H17N3O3.